The minimum absolute atomic E-state index is 0.141. The van der Waals surface area contributed by atoms with Crippen LogP contribution in [0.3, 0.4) is 0 Å². The highest BCUT2D eigenvalue weighted by atomic mass is 32.2. The van der Waals surface area contributed by atoms with Gasteiger partial charge in [0.2, 0.25) is 15.9 Å². The number of carbonyl (C=O) groups excluding carboxylic acids is 1. The largest absolute Gasteiger partial charge is 0.324 e. The lowest BCUT2D eigenvalue weighted by Crippen LogP contribution is -2.47. The molecule has 1 N–H and O–H groups in total. The van der Waals surface area contributed by atoms with E-state index in [-0.39, 0.29) is 12.1 Å². The van der Waals surface area contributed by atoms with E-state index < -0.39 is 27.8 Å². The average Bonchev–Trinajstić information content (AvgIpc) is 2.55. The van der Waals surface area contributed by atoms with Crippen molar-refractivity contribution in [3.05, 3.63) is 59.4 Å². The Morgan fingerprint density at radius 3 is 2.38 bits per heavy atom. The fourth-order valence-corrected chi connectivity index (χ4v) is 4.05. The molecule has 0 fully saturated rings. The van der Waals surface area contributed by atoms with Gasteiger partial charge in [0.15, 0.2) is 0 Å². The van der Waals surface area contributed by atoms with Crippen molar-refractivity contribution in [3.63, 3.8) is 0 Å². The van der Waals surface area contributed by atoms with Crippen LogP contribution in [0.4, 0.5) is 15.8 Å². The highest BCUT2D eigenvalue weighted by molar-refractivity contribution is 7.92. The average molecular weight is 378 g/mol. The Morgan fingerprint density at radius 2 is 1.85 bits per heavy atom. The van der Waals surface area contributed by atoms with Crippen LogP contribution in [0, 0.1) is 19.7 Å². The van der Waals surface area contributed by atoms with E-state index >= 15 is 0 Å². The topological polar surface area (TPSA) is 66.5 Å². The number of para-hydroxylation sites is 1. The number of hydrogen-bond acceptors (Lipinski definition) is 3. The van der Waals surface area contributed by atoms with E-state index in [4.69, 9.17) is 0 Å². The van der Waals surface area contributed by atoms with Gasteiger partial charge in [-0.05, 0) is 44.0 Å². The maximum absolute atomic E-state index is 14.2. The molecule has 2 aromatic rings. The molecular formula is C19H23FN2O3S. The zero-order chi connectivity index (χ0) is 19.5. The third-order valence-electron chi connectivity index (χ3n) is 4.06. The fourth-order valence-electron chi connectivity index (χ4n) is 2.84. The lowest BCUT2D eigenvalue weighted by atomic mass is 10.1. The van der Waals surface area contributed by atoms with E-state index in [0.29, 0.717) is 5.69 Å². The number of amides is 1. The molecule has 0 aliphatic heterocycles. The SMILES string of the molecule is CC[C@H](C(=O)Nc1ccc(C)cc1C)N(c1ccccc1F)S(C)(=O)=O. The third kappa shape index (κ3) is 4.40. The number of aryl methyl sites for hydroxylation is 2. The summed E-state index contributed by atoms with van der Waals surface area (Å²) in [6.07, 6.45) is 1.16. The van der Waals surface area contributed by atoms with Gasteiger partial charge in [0, 0.05) is 5.69 Å². The van der Waals surface area contributed by atoms with Gasteiger partial charge in [-0.1, -0.05) is 36.8 Å². The van der Waals surface area contributed by atoms with Crippen molar-refractivity contribution in [3.8, 4) is 0 Å². The number of nitrogens with zero attached hydrogens (tertiary/aromatic N) is 1. The molecule has 0 aliphatic rings. The van der Waals surface area contributed by atoms with E-state index in [0.717, 1.165) is 21.7 Å². The first-order chi connectivity index (χ1) is 12.1. The smallest absolute Gasteiger partial charge is 0.248 e. The van der Waals surface area contributed by atoms with E-state index in [1.807, 2.05) is 26.0 Å². The first-order valence-corrected chi connectivity index (χ1v) is 10.1. The van der Waals surface area contributed by atoms with E-state index in [1.165, 1.54) is 24.3 Å². The molecule has 0 aromatic heterocycles. The van der Waals surface area contributed by atoms with Crippen molar-refractivity contribution in [2.75, 3.05) is 15.9 Å². The number of hydrogen-bond donors (Lipinski definition) is 1. The first kappa shape index (κ1) is 19.9. The molecule has 0 saturated carbocycles. The number of anilines is 2. The molecular weight excluding hydrogens is 355 g/mol. The van der Waals surface area contributed by atoms with Gasteiger partial charge in [-0.2, -0.15) is 0 Å². The molecule has 1 atom stereocenters. The molecule has 0 aliphatic carbocycles. The predicted molar refractivity (Wildman–Crippen MR) is 102 cm³/mol. The summed E-state index contributed by atoms with van der Waals surface area (Å²) in [5.41, 5.74) is 2.38. The van der Waals surface area contributed by atoms with Crippen molar-refractivity contribution >= 4 is 27.3 Å². The Morgan fingerprint density at radius 1 is 1.19 bits per heavy atom. The van der Waals surface area contributed by atoms with Crippen molar-refractivity contribution < 1.29 is 17.6 Å². The lowest BCUT2D eigenvalue weighted by Gasteiger charge is -2.30. The lowest BCUT2D eigenvalue weighted by molar-refractivity contribution is -0.117. The van der Waals surface area contributed by atoms with Crippen molar-refractivity contribution in [2.45, 2.75) is 33.2 Å². The molecule has 0 radical (unpaired) electrons. The summed E-state index contributed by atoms with van der Waals surface area (Å²) in [6, 6.07) is 10.00. The van der Waals surface area contributed by atoms with Crippen LogP contribution in [0.5, 0.6) is 0 Å². The predicted octanol–water partition coefficient (Wildman–Crippen LogP) is 3.63. The molecule has 5 nitrogen and oxygen atoms in total. The maximum atomic E-state index is 14.2. The molecule has 1 amide bonds. The Labute approximate surface area is 153 Å². The van der Waals surface area contributed by atoms with E-state index in [2.05, 4.69) is 5.32 Å². The molecule has 2 aromatic carbocycles. The summed E-state index contributed by atoms with van der Waals surface area (Å²) in [6.45, 7) is 5.48. The summed E-state index contributed by atoms with van der Waals surface area (Å²) in [7, 11) is -3.87. The number of sulfonamides is 1. The van der Waals surface area contributed by atoms with Crippen LogP contribution in [0.15, 0.2) is 42.5 Å². The molecule has 0 unspecified atom stereocenters. The third-order valence-corrected chi connectivity index (χ3v) is 5.23. The molecule has 2 rings (SSSR count). The standard InChI is InChI=1S/C19H23FN2O3S/c1-5-17(19(23)21-16-11-10-13(2)12-14(16)3)22(26(4,24)25)18-9-7-6-8-15(18)20/h6-12,17H,5H2,1-4H3,(H,21,23)/t17-/m1/s1. The van der Waals surface area contributed by atoms with Crippen LogP contribution in [0.1, 0.15) is 24.5 Å². The number of carbonyl (C=O) groups is 1. The Bertz CT molecular complexity index is 913. The number of halogens is 1. The highest BCUT2D eigenvalue weighted by Gasteiger charge is 2.33. The monoisotopic (exact) mass is 378 g/mol. The molecule has 140 valence electrons. The zero-order valence-corrected chi connectivity index (χ0v) is 16.1. The first-order valence-electron chi connectivity index (χ1n) is 8.27. The molecule has 0 bridgehead atoms. The van der Waals surface area contributed by atoms with Crippen LogP contribution in [-0.2, 0) is 14.8 Å². The van der Waals surface area contributed by atoms with Gasteiger partial charge in [0.25, 0.3) is 0 Å². The highest BCUT2D eigenvalue weighted by Crippen LogP contribution is 2.26. The van der Waals surface area contributed by atoms with Gasteiger partial charge in [-0.3, -0.25) is 9.10 Å². The Hall–Kier alpha value is -2.41. The molecule has 0 spiro atoms. The minimum atomic E-state index is -3.87. The summed E-state index contributed by atoms with van der Waals surface area (Å²) in [5.74, 6) is -1.20. The second-order valence-electron chi connectivity index (χ2n) is 6.24. The second-order valence-corrected chi connectivity index (χ2v) is 8.10. The Balaban J connectivity index is 2.42. The second kappa shape index (κ2) is 7.86. The van der Waals surface area contributed by atoms with Gasteiger partial charge in [0.05, 0.1) is 11.9 Å². The van der Waals surface area contributed by atoms with Crippen molar-refractivity contribution in [2.24, 2.45) is 0 Å². The maximum Gasteiger partial charge on any atom is 0.248 e. The quantitative estimate of drug-likeness (QED) is 0.835. The van der Waals surface area contributed by atoms with Crippen LogP contribution in [-0.4, -0.2) is 26.6 Å². The summed E-state index contributed by atoms with van der Waals surface area (Å²) < 4.78 is 39.7. The molecule has 0 saturated heterocycles. The summed E-state index contributed by atoms with van der Waals surface area (Å²) in [5, 5.41) is 2.76. The van der Waals surface area contributed by atoms with Gasteiger partial charge in [-0.15, -0.1) is 0 Å². The van der Waals surface area contributed by atoms with Gasteiger partial charge in [-0.25, -0.2) is 12.8 Å². The summed E-state index contributed by atoms with van der Waals surface area (Å²) in [4.78, 5) is 12.8. The van der Waals surface area contributed by atoms with Gasteiger partial charge >= 0.3 is 0 Å². The minimum Gasteiger partial charge on any atom is -0.324 e. The van der Waals surface area contributed by atoms with Crippen molar-refractivity contribution in [1.82, 2.24) is 0 Å². The van der Waals surface area contributed by atoms with Crippen LogP contribution in [0.25, 0.3) is 0 Å². The molecule has 26 heavy (non-hydrogen) atoms. The number of benzene rings is 2. The van der Waals surface area contributed by atoms with Crippen molar-refractivity contribution in [1.29, 1.82) is 0 Å². The molecule has 0 heterocycles. The number of rotatable bonds is 6. The van der Waals surface area contributed by atoms with Crippen LogP contribution in [0.2, 0.25) is 0 Å². The van der Waals surface area contributed by atoms with Crippen LogP contribution < -0.4 is 9.62 Å². The van der Waals surface area contributed by atoms with E-state index in [9.17, 15) is 17.6 Å². The van der Waals surface area contributed by atoms with Crippen LogP contribution >= 0.6 is 0 Å². The van der Waals surface area contributed by atoms with Gasteiger partial charge in [0.1, 0.15) is 11.9 Å². The zero-order valence-electron chi connectivity index (χ0n) is 15.3. The normalized spacial score (nSPS) is 12.5. The molecule has 7 heteroatoms. The Kier molecular flexibility index (Phi) is 6.02. The summed E-state index contributed by atoms with van der Waals surface area (Å²) >= 11 is 0. The van der Waals surface area contributed by atoms with E-state index in [1.54, 1.807) is 13.0 Å². The number of nitrogens with one attached hydrogen (secondary N) is 1. The fraction of sp³-hybridized carbons (Fsp3) is 0.316. The van der Waals surface area contributed by atoms with Gasteiger partial charge < -0.3 is 5.32 Å².